The fraction of sp³-hybridized carbons (Fsp3) is 0.118. The molecule has 0 spiro atoms. The number of methoxy groups -OCH3 is 2. The first-order valence-electron chi connectivity index (χ1n) is 6.48. The minimum absolute atomic E-state index is 0.526. The van der Waals surface area contributed by atoms with Gasteiger partial charge in [0.05, 0.1) is 14.2 Å². The molecule has 0 aliphatic heterocycles. The third-order valence-corrected chi connectivity index (χ3v) is 3.33. The summed E-state index contributed by atoms with van der Waals surface area (Å²) in [5, 5.41) is 9.67. The van der Waals surface area contributed by atoms with Crippen molar-refractivity contribution in [2.75, 3.05) is 14.2 Å². The van der Waals surface area contributed by atoms with E-state index in [2.05, 4.69) is 0 Å². The first-order valence-corrected chi connectivity index (χ1v) is 6.86. The number of rotatable bonds is 5. The van der Waals surface area contributed by atoms with Gasteiger partial charge in [0, 0.05) is 11.1 Å². The Hall–Kier alpha value is -2.46. The largest absolute Gasteiger partial charge is 0.493 e. The predicted molar refractivity (Wildman–Crippen MR) is 85.7 cm³/mol. The summed E-state index contributed by atoms with van der Waals surface area (Å²) in [6.07, 6.45) is 1.15. The molecule has 114 valence electrons. The van der Waals surface area contributed by atoms with Crippen LogP contribution in [-0.2, 0) is 4.79 Å². The monoisotopic (exact) mass is 318 g/mol. The van der Waals surface area contributed by atoms with Gasteiger partial charge in [-0.2, -0.15) is 0 Å². The lowest BCUT2D eigenvalue weighted by Crippen LogP contribution is -1.97. The fourth-order valence-electron chi connectivity index (χ4n) is 2.12. The molecule has 1 N–H and O–H groups in total. The SMILES string of the molecule is COc1ccc(/C(=C\C(=O)O)c2cccc(Cl)c2)cc1OC. The standard InChI is InChI=1S/C17H15ClO4/c1-21-15-7-6-12(9-16(15)22-2)14(10-17(19)20)11-4-3-5-13(18)8-11/h3-10H,1-2H3,(H,19,20)/b14-10-. The fourth-order valence-corrected chi connectivity index (χ4v) is 2.31. The van der Waals surface area contributed by atoms with Crippen LogP contribution in [0.1, 0.15) is 11.1 Å². The highest BCUT2D eigenvalue weighted by Gasteiger charge is 2.12. The molecule has 22 heavy (non-hydrogen) atoms. The van der Waals surface area contributed by atoms with E-state index in [0.717, 1.165) is 6.08 Å². The van der Waals surface area contributed by atoms with E-state index in [9.17, 15) is 4.79 Å². The van der Waals surface area contributed by atoms with Crippen molar-refractivity contribution < 1.29 is 19.4 Å². The normalized spacial score (nSPS) is 11.1. The van der Waals surface area contributed by atoms with Gasteiger partial charge in [-0.15, -0.1) is 0 Å². The first-order chi connectivity index (χ1) is 10.5. The highest BCUT2D eigenvalue weighted by molar-refractivity contribution is 6.30. The molecule has 5 heteroatoms. The number of carboxylic acid groups (broad SMARTS) is 1. The van der Waals surface area contributed by atoms with Gasteiger partial charge in [-0.1, -0.05) is 29.8 Å². The van der Waals surface area contributed by atoms with Gasteiger partial charge in [-0.05, 0) is 41.0 Å². The van der Waals surface area contributed by atoms with Crippen molar-refractivity contribution in [2.45, 2.75) is 0 Å². The van der Waals surface area contributed by atoms with Crippen LogP contribution in [0.15, 0.2) is 48.5 Å². The molecule has 0 aromatic heterocycles. The topological polar surface area (TPSA) is 55.8 Å². The van der Waals surface area contributed by atoms with Crippen molar-refractivity contribution in [3.63, 3.8) is 0 Å². The lowest BCUT2D eigenvalue weighted by atomic mass is 9.97. The van der Waals surface area contributed by atoms with Crippen molar-refractivity contribution in [1.29, 1.82) is 0 Å². The summed E-state index contributed by atoms with van der Waals surface area (Å²) in [6.45, 7) is 0. The number of hydrogen-bond acceptors (Lipinski definition) is 3. The van der Waals surface area contributed by atoms with Crippen molar-refractivity contribution in [2.24, 2.45) is 0 Å². The van der Waals surface area contributed by atoms with Crippen LogP contribution in [0.2, 0.25) is 5.02 Å². The third kappa shape index (κ3) is 3.59. The molecule has 2 rings (SSSR count). The van der Waals surface area contributed by atoms with Gasteiger partial charge in [0.2, 0.25) is 0 Å². The van der Waals surface area contributed by atoms with Gasteiger partial charge < -0.3 is 14.6 Å². The Morgan fingerprint density at radius 3 is 2.32 bits per heavy atom. The van der Waals surface area contributed by atoms with E-state index in [4.69, 9.17) is 26.2 Å². The van der Waals surface area contributed by atoms with Gasteiger partial charge in [-0.25, -0.2) is 4.79 Å². The Bertz CT molecular complexity index is 722. The van der Waals surface area contributed by atoms with Crippen LogP contribution in [0.3, 0.4) is 0 Å². The van der Waals surface area contributed by atoms with Gasteiger partial charge in [0.25, 0.3) is 0 Å². The van der Waals surface area contributed by atoms with E-state index in [1.54, 1.807) is 49.6 Å². The molecule has 0 amide bonds. The molecule has 0 heterocycles. The van der Waals surface area contributed by atoms with E-state index in [1.807, 2.05) is 0 Å². The second-order valence-corrected chi connectivity index (χ2v) is 4.91. The molecule has 0 aliphatic carbocycles. The zero-order chi connectivity index (χ0) is 16.1. The summed E-state index contributed by atoms with van der Waals surface area (Å²) in [4.78, 5) is 11.2. The summed E-state index contributed by atoms with van der Waals surface area (Å²) in [5.41, 5.74) is 1.94. The van der Waals surface area contributed by atoms with Crippen LogP contribution in [-0.4, -0.2) is 25.3 Å². The lowest BCUT2D eigenvalue weighted by molar-refractivity contribution is -0.131. The number of carbonyl (C=O) groups is 1. The van der Waals surface area contributed by atoms with Crippen LogP contribution < -0.4 is 9.47 Å². The molecule has 4 nitrogen and oxygen atoms in total. The van der Waals surface area contributed by atoms with Crippen LogP contribution >= 0.6 is 11.6 Å². The Morgan fingerprint density at radius 2 is 1.73 bits per heavy atom. The number of benzene rings is 2. The van der Waals surface area contributed by atoms with Crippen LogP contribution in [0, 0.1) is 0 Å². The minimum Gasteiger partial charge on any atom is -0.493 e. The van der Waals surface area contributed by atoms with E-state index < -0.39 is 5.97 Å². The van der Waals surface area contributed by atoms with Crippen LogP contribution in [0.4, 0.5) is 0 Å². The van der Waals surface area contributed by atoms with Crippen molar-refractivity contribution in [3.8, 4) is 11.5 Å². The number of hydrogen-bond donors (Lipinski definition) is 1. The Balaban J connectivity index is 2.58. The maximum Gasteiger partial charge on any atom is 0.328 e. The smallest absolute Gasteiger partial charge is 0.328 e. The molecule has 0 bridgehead atoms. The first kappa shape index (κ1) is 15.9. The van der Waals surface area contributed by atoms with Gasteiger partial charge in [0.1, 0.15) is 0 Å². The zero-order valence-corrected chi connectivity index (χ0v) is 12.9. The zero-order valence-electron chi connectivity index (χ0n) is 12.2. The number of carboxylic acids is 1. The van der Waals surface area contributed by atoms with Gasteiger partial charge in [0.15, 0.2) is 11.5 Å². The maximum absolute atomic E-state index is 11.2. The predicted octanol–water partition coefficient (Wildman–Crippen LogP) is 3.87. The molecule has 0 fully saturated rings. The number of ether oxygens (including phenoxy) is 2. The Morgan fingerprint density at radius 1 is 1.05 bits per heavy atom. The maximum atomic E-state index is 11.2. The summed E-state index contributed by atoms with van der Waals surface area (Å²) in [7, 11) is 3.07. The molecule has 2 aromatic rings. The quantitative estimate of drug-likeness (QED) is 0.850. The summed E-state index contributed by atoms with van der Waals surface area (Å²) < 4.78 is 10.5. The lowest BCUT2D eigenvalue weighted by Gasteiger charge is -2.12. The molecular weight excluding hydrogens is 304 g/mol. The molecule has 0 unspecified atom stereocenters. The molecule has 0 atom stereocenters. The molecule has 0 saturated heterocycles. The minimum atomic E-state index is -1.04. The average Bonchev–Trinajstić information content (AvgIpc) is 2.51. The molecule has 0 radical (unpaired) electrons. The third-order valence-electron chi connectivity index (χ3n) is 3.10. The summed E-state index contributed by atoms with van der Waals surface area (Å²) >= 11 is 6.00. The van der Waals surface area contributed by atoms with E-state index in [0.29, 0.717) is 33.2 Å². The molecular formula is C17H15ClO4. The Labute approximate surface area is 133 Å². The highest BCUT2D eigenvalue weighted by Crippen LogP contribution is 2.33. The van der Waals surface area contributed by atoms with Gasteiger partial charge in [-0.3, -0.25) is 0 Å². The Kier molecular flexibility index (Phi) is 5.07. The molecule has 2 aromatic carbocycles. The van der Waals surface area contributed by atoms with Crippen molar-refractivity contribution >= 4 is 23.1 Å². The second kappa shape index (κ2) is 7.00. The highest BCUT2D eigenvalue weighted by atomic mass is 35.5. The summed E-state index contributed by atoms with van der Waals surface area (Å²) in [6, 6.07) is 12.3. The van der Waals surface area contributed by atoms with E-state index in [1.165, 1.54) is 7.11 Å². The van der Waals surface area contributed by atoms with Gasteiger partial charge >= 0.3 is 5.97 Å². The number of aliphatic carboxylic acids is 1. The van der Waals surface area contributed by atoms with E-state index in [-0.39, 0.29) is 0 Å². The van der Waals surface area contributed by atoms with Crippen molar-refractivity contribution in [1.82, 2.24) is 0 Å². The van der Waals surface area contributed by atoms with E-state index >= 15 is 0 Å². The summed E-state index contributed by atoms with van der Waals surface area (Å²) in [5.74, 6) is 0.0649. The van der Waals surface area contributed by atoms with Crippen molar-refractivity contribution in [3.05, 3.63) is 64.7 Å². The average molecular weight is 319 g/mol. The molecule has 0 aliphatic rings. The molecule has 0 saturated carbocycles. The number of halogens is 1. The van der Waals surface area contributed by atoms with Crippen LogP contribution in [0.25, 0.3) is 5.57 Å². The van der Waals surface area contributed by atoms with Crippen LogP contribution in [0.5, 0.6) is 11.5 Å². The second-order valence-electron chi connectivity index (χ2n) is 4.48.